The van der Waals surface area contributed by atoms with Gasteiger partial charge in [0.05, 0.1) is 11.3 Å². The second-order valence-corrected chi connectivity index (χ2v) is 4.95. The standard InChI is InChI=1S/C16H14F2N4O3/c1-10(23)20-13-5-3-2-4-12(13)16(17,18)15(25)22-21-14(24)11-6-8-19-9-7-11/h2-9H,1H3,(H,20,23)(H,21,24)(H,22,25). The van der Waals surface area contributed by atoms with Crippen LogP contribution in [0.1, 0.15) is 22.8 Å². The number of rotatable bonds is 4. The number of benzene rings is 1. The minimum Gasteiger partial charge on any atom is -0.326 e. The highest BCUT2D eigenvalue weighted by molar-refractivity contribution is 5.97. The highest BCUT2D eigenvalue weighted by Gasteiger charge is 2.43. The van der Waals surface area contributed by atoms with Gasteiger partial charge >= 0.3 is 11.8 Å². The molecule has 0 radical (unpaired) electrons. The van der Waals surface area contributed by atoms with Gasteiger partial charge in [-0.15, -0.1) is 0 Å². The number of aromatic nitrogens is 1. The van der Waals surface area contributed by atoms with E-state index < -0.39 is 29.2 Å². The first-order chi connectivity index (χ1) is 11.8. The number of nitrogens with one attached hydrogen (secondary N) is 3. The molecular formula is C16H14F2N4O3. The molecule has 1 heterocycles. The summed E-state index contributed by atoms with van der Waals surface area (Å²) in [6.07, 6.45) is 2.68. The molecule has 0 atom stereocenters. The number of pyridine rings is 1. The molecule has 7 nitrogen and oxygen atoms in total. The van der Waals surface area contributed by atoms with Crippen molar-refractivity contribution in [2.45, 2.75) is 12.8 Å². The van der Waals surface area contributed by atoms with Crippen molar-refractivity contribution < 1.29 is 23.2 Å². The van der Waals surface area contributed by atoms with E-state index in [1.54, 1.807) is 5.43 Å². The maximum absolute atomic E-state index is 14.4. The van der Waals surface area contributed by atoms with Gasteiger partial charge in [-0.2, -0.15) is 8.78 Å². The SMILES string of the molecule is CC(=O)Nc1ccccc1C(F)(F)C(=O)NNC(=O)c1ccncc1. The number of hydrazine groups is 1. The molecule has 0 saturated carbocycles. The van der Waals surface area contributed by atoms with E-state index in [1.165, 1.54) is 42.7 Å². The predicted octanol–water partition coefficient (Wildman–Crippen LogP) is 1.59. The molecule has 130 valence electrons. The molecule has 3 N–H and O–H groups in total. The summed E-state index contributed by atoms with van der Waals surface area (Å²) in [7, 11) is 0. The average molecular weight is 348 g/mol. The number of carbonyl (C=O) groups excluding carboxylic acids is 3. The molecule has 25 heavy (non-hydrogen) atoms. The van der Waals surface area contributed by atoms with Gasteiger partial charge in [0.1, 0.15) is 0 Å². The summed E-state index contributed by atoms with van der Waals surface area (Å²) in [6, 6.07) is 7.70. The molecule has 0 bridgehead atoms. The third kappa shape index (κ3) is 4.34. The van der Waals surface area contributed by atoms with E-state index >= 15 is 0 Å². The summed E-state index contributed by atoms with van der Waals surface area (Å²) in [5, 5.41) is 2.23. The van der Waals surface area contributed by atoms with Gasteiger partial charge in [-0.3, -0.25) is 30.2 Å². The lowest BCUT2D eigenvalue weighted by atomic mass is 10.1. The lowest BCUT2D eigenvalue weighted by Gasteiger charge is -2.19. The largest absolute Gasteiger partial charge is 0.353 e. The Morgan fingerprint density at radius 1 is 1.00 bits per heavy atom. The van der Waals surface area contributed by atoms with Gasteiger partial charge in [-0.25, -0.2) is 0 Å². The number of para-hydroxylation sites is 1. The fraction of sp³-hybridized carbons (Fsp3) is 0.125. The van der Waals surface area contributed by atoms with E-state index in [1.807, 2.05) is 5.43 Å². The van der Waals surface area contributed by atoms with Crippen LogP contribution in [0, 0.1) is 0 Å². The lowest BCUT2D eigenvalue weighted by molar-refractivity contribution is -0.147. The van der Waals surface area contributed by atoms with Crippen molar-refractivity contribution in [3.05, 3.63) is 59.9 Å². The van der Waals surface area contributed by atoms with Crippen molar-refractivity contribution in [2.24, 2.45) is 0 Å². The van der Waals surface area contributed by atoms with Crippen molar-refractivity contribution in [3.63, 3.8) is 0 Å². The van der Waals surface area contributed by atoms with E-state index in [-0.39, 0.29) is 11.3 Å². The van der Waals surface area contributed by atoms with Crippen molar-refractivity contribution in [1.82, 2.24) is 15.8 Å². The van der Waals surface area contributed by atoms with Crippen LogP contribution in [0.15, 0.2) is 48.8 Å². The first-order valence-corrected chi connectivity index (χ1v) is 7.08. The molecule has 3 amide bonds. The molecule has 0 saturated heterocycles. The van der Waals surface area contributed by atoms with Gasteiger partial charge in [0.15, 0.2) is 0 Å². The Labute approximate surface area is 141 Å². The number of amides is 3. The molecule has 0 spiro atoms. The molecule has 1 aromatic carbocycles. The minimum atomic E-state index is -3.98. The van der Waals surface area contributed by atoms with Gasteiger partial charge < -0.3 is 5.32 Å². The fourth-order valence-electron chi connectivity index (χ4n) is 1.95. The van der Waals surface area contributed by atoms with Crippen molar-refractivity contribution in [2.75, 3.05) is 5.32 Å². The molecular weight excluding hydrogens is 334 g/mol. The third-order valence-corrected chi connectivity index (χ3v) is 3.09. The second kappa shape index (κ2) is 7.47. The molecule has 2 rings (SSSR count). The van der Waals surface area contributed by atoms with Crippen LogP contribution >= 0.6 is 0 Å². The summed E-state index contributed by atoms with van der Waals surface area (Å²) >= 11 is 0. The summed E-state index contributed by atoms with van der Waals surface area (Å²) in [6.45, 7) is 1.16. The number of carbonyl (C=O) groups is 3. The maximum Gasteiger partial charge on any atom is 0.353 e. The van der Waals surface area contributed by atoms with Crippen LogP contribution in [0.4, 0.5) is 14.5 Å². The first-order valence-electron chi connectivity index (χ1n) is 7.08. The van der Waals surface area contributed by atoms with Crippen LogP contribution in [0.2, 0.25) is 0 Å². The van der Waals surface area contributed by atoms with Gasteiger partial charge in [0.2, 0.25) is 5.91 Å². The van der Waals surface area contributed by atoms with Gasteiger partial charge in [-0.1, -0.05) is 18.2 Å². The number of halogens is 2. The van der Waals surface area contributed by atoms with E-state index in [9.17, 15) is 23.2 Å². The first kappa shape index (κ1) is 18.0. The van der Waals surface area contributed by atoms with Crippen LogP contribution in [-0.4, -0.2) is 22.7 Å². The topological polar surface area (TPSA) is 100 Å². The van der Waals surface area contributed by atoms with Gasteiger partial charge in [0, 0.05) is 24.9 Å². The van der Waals surface area contributed by atoms with Crippen molar-refractivity contribution in [1.29, 1.82) is 0 Å². The zero-order chi connectivity index (χ0) is 18.4. The smallest absolute Gasteiger partial charge is 0.326 e. The van der Waals surface area contributed by atoms with Gasteiger partial charge in [-0.05, 0) is 18.2 Å². The Morgan fingerprint density at radius 2 is 1.64 bits per heavy atom. The third-order valence-electron chi connectivity index (χ3n) is 3.09. The molecule has 9 heteroatoms. The molecule has 1 aromatic heterocycles. The van der Waals surface area contributed by atoms with Gasteiger partial charge in [0.25, 0.3) is 5.91 Å². The molecule has 0 aliphatic carbocycles. The maximum atomic E-state index is 14.4. The number of hydrogen-bond acceptors (Lipinski definition) is 4. The molecule has 2 aromatic rings. The van der Waals surface area contributed by atoms with Crippen LogP contribution in [0.25, 0.3) is 0 Å². The monoisotopic (exact) mass is 348 g/mol. The highest BCUT2D eigenvalue weighted by Crippen LogP contribution is 2.33. The van der Waals surface area contributed by atoms with E-state index in [4.69, 9.17) is 0 Å². The van der Waals surface area contributed by atoms with E-state index in [0.717, 1.165) is 13.0 Å². The fourth-order valence-corrected chi connectivity index (χ4v) is 1.95. The quantitative estimate of drug-likeness (QED) is 0.731. The Bertz CT molecular complexity index is 797. The number of nitrogens with zero attached hydrogens (tertiary/aromatic N) is 1. The van der Waals surface area contributed by atoms with Crippen molar-refractivity contribution >= 4 is 23.4 Å². The Kier molecular flexibility index (Phi) is 5.38. The number of alkyl halides is 2. The molecule has 0 aliphatic heterocycles. The van der Waals surface area contributed by atoms with Crippen molar-refractivity contribution in [3.8, 4) is 0 Å². The zero-order valence-corrected chi connectivity index (χ0v) is 13.0. The zero-order valence-electron chi connectivity index (χ0n) is 13.0. The Morgan fingerprint density at radius 3 is 2.28 bits per heavy atom. The predicted molar refractivity (Wildman–Crippen MR) is 84.5 cm³/mol. The summed E-state index contributed by atoms with van der Waals surface area (Å²) in [4.78, 5) is 38.4. The lowest BCUT2D eigenvalue weighted by Crippen LogP contribution is -2.48. The Hall–Kier alpha value is -3.36. The van der Waals surface area contributed by atoms with Crippen LogP contribution in [-0.2, 0) is 15.5 Å². The number of hydrogen-bond donors (Lipinski definition) is 3. The van der Waals surface area contributed by atoms with Crippen LogP contribution < -0.4 is 16.2 Å². The Balaban J connectivity index is 2.13. The van der Waals surface area contributed by atoms with Crippen LogP contribution in [0.5, 0.6) is 0 Å². The molecule has 0 unspecified atom stereocenters. The summed E-state index contributed by atoms with van der Waals surface area (Å²) < 4.78 is 28.8. The second-order valence-electron chi connectivity index (χ2n) is 4.95. The highest BCUT2D eigenvalue weighted by atomic mass is 19.3. The molecule has 0 aliphatic rings. The van der Waals surface area contributed by atoms with E-state index in [0.29, 0.717) is 0 Å². The summed E-state index contributed by atoms with van der Waals surface area (Å²) in [5.74, 6) is -7.06. The molecule has 0 fully saturated rings. The van der Waals surface area contributed by atoms with E-state index in [2.05, 4.69) is 10.3 Å². The normalized spacial score (nSPS) is 10.7. The number of anilines is 1. The van der Waals surface area contributed by atoms with Crippen LogP contribution in [0.3, 0.4) is 0 Å². The summed E-state index contributed by atoms with van der Waals surface area (Å²) in [5.41, 5.74) is 2.82. The average Bonchev–Trinajstić information content (AvgIpc) is 2.59. The minimum absolute atomic E-state index is 0.136.